The first-order valence-corrected chi connectivity index (χ1v) is 6.18. The summed E-state index contributed by atoms with van der Waals surface area (Å²) in [6, 6.07) is 11.4. The zero-order chi connectivity index (χ0) is 15.2. The van der Waals surface area contributed by atoms with Crippen molar-refractivity contribution < 1.29 is 23.8 Å². The van der Waals surface area contributed by atoms with Crippen molar-refractivity contribution in [2.24, 2.45) is 0 Å². The van der Waals surface area contributed by atoms with E-state index in [4.69, 9.17) is 14.2 Å². The number of para-hydroxylation sites is 1. The average molecular weight is 286 g/mol. The maximum Gasteiger partial charge on any atom is 0.343 e. The van der Waals surface area contributed by atoms with Crippen molar-refractivity contribution >= 4 is 12.3 Å². The third-order valence-electron chi connectivity index (χ3n) is 2.86. The van der Waals surface area contributed by atoms with Crippen molar-refractivity contribution in [3.05, 3.63) is 53.6 Å². The van der Waals surface area contributed by atoms with Crippen molar-refractivity contribution in [1.82, 2.24) is 0 Å². The number of ether oxygens (including phenoxy) is 3. The van der Waals surface area contributed by atoms with Gasteiger partial charge in [0.05, 0.1) is 25.3 Å². The van der Waals surface area contributed by atoms with E-state index in [0.717, 1.165) is 0 Å². The minimum atomic E-state index is -0.596. The van der Waals surface area contributed by atoms with Gasteiger partial charge in [-0.25, -0.2) is 4.79 Å². The number of carbonyl (C=O) groups is 2. The standard InChI is InChI=1S/C16H14O5/c1-19-13-7-3-5-11(9-13)16(18)21-15-12(10-17)6-4-8-14(15)20-2/h3-10H,1-2H3. The lowest BCUT2D eigenvalue weighted by molar-refractivity contribution is 0.0728. The number of hydrogen-bond acceptors (Lipinski definition) is 5. The highest BCUT2D eigenvalue weighted by Crippen LogP contribution is 2.30. The smallest absolute Gasteiger partial charge is 0.343 e. The van der Waals surface area contributed by atoms with Gasteiger partial charge < -0.3 is 14.2 Å². The Labute approximate surface area is 122 Å². The number of carbonyl (C=O) groups excluding carboxylic acids is 2. The molecule has 0 fully saturated rings. The predicted molar refractivity (Wildman–Crippen MR) is 76.3 cm³/mol. The molecular formula is C16H14O5. The molecule has 2 aromatic rings. The van der Waals surface area contributed by atoms with Crippen LogP contribution in [0.3, 0.4) is 0 Å². The minimum absolute atomic E-state index is 0.0998. The maximum atomic E-state index is 12.2. The van der Waals surface area contributed by atoms with E-state index < -0.39 is 5.97 Å². The third kappa shape index (κ3) is 3.20. The van der Waals surface area contributed by atoms with Gasteiger partial charge in [-0.1, -0.05) is 12.1 Å². The van der Waals surface area contributed by atoms with Crippen LogP contribution in [0.15, 0.2) is 42.5 Å². The summed E-state index contributed by atoms with van der Waals surface area (Å²) in [4.78, 5) is 23.2. The molecular weight excluding hydrogens is 272 g/mol. The zero-order valence-corrected chi connectivity index (χ0v) is 11.7. The first-order chi connectivity index (χ1) is 10.2. The van der Waals surface area contributed by atoms with Gasteiger partial charge in [-0.15, -0.1) is 0 Å². The number of hydrogen-bond donors (Lipinski definition) is 0. The van der Waals surface area contributed by atoms with Crippen molar-refractivity contribution in [2.45, 2.75) is 0 Å². The van der Waals surface area contributed by atoms with E-state index in [1.165, 1.54) is 14.2 Å². The molecule has 0 saturated carbocycles. The van der Waals surface area contributed by atoms with Crippen LogP contribution in [0.5, 0.6) is 17.2 Å². The molecule has 0 aromatic heterocycles. The van der Waals surface area contributed by atoms with Crippen LogP contribution in [0.1, 0.15) is 20.7 Å². The Morgan fingerprint density at radius 1 is 1.05 bits per heavy atom. The van der Waals surface area contributed by atoms with E-state index in [9.17, 15) is 9.59 Å². The normalized spacial score (nSPS) is 9.81. The number of benzene rings is 2. The fourth-order valence-electron chi connectivity index (χ4n) is 1.80. The zero-order valence-electron chi connectivity index (χ0n) is 11.7. The molecule has 2 rings (SSSR count). The topological polar surface area (TPSA) is 61.8 Å². The maximum absolute atomic E-state index is 12.2. The lowest BCUT2D eigenvalue weighted by Crippen LogP contribution is -2.10. The van der Waals surface area contributed by atoms with Gasteiger partial charge in [0.25, 0.3) is 0 Å². The van der Waals surface area contributed by atoms with Crippen LogP contribution in [0.25, 0.3) is 0 Å². The van der Waals surface area contributed by atoms with E-state index in [2.05, 4.69) is 0 Å². The van der Waals surface area contributed by atoms with Gasteiger partial charge in [0, 0.05) is 0 Å². The summed E-state index contributed by atoms with van der Waals surface area (Å²) < 4.78 is 15.5. The van der Waals surface area contributed by atoms with E-state index in [1.807, 2.05) is 0 Å². The third-order valence-corrected chi connectivity index (χ3v) is 2.86. The molecule has 0 spiro atoms. The largest absolute Gasteiger partial charge is 0.497 e. The molecule has 0 N–H and O–H groups in total. The second-order valence-electron chi connectivity index (χ2n) is 4.12. The second kappa shape index (κ2) is 6.56. The molecule has 0 unspecified atom stereocenters. The molecule has 0 radical (unpaired) electrons. The monoisotopic (exact) mass is 286 g/mol. The van der Waals surface area contributed by atoms with E-state index in [-0.39, 0.29) is 11.3 Å². The van der Waals surface area contributed by atoms with Gasteiger partial charge in [-0.2, -0.15) is 0 Å². The Morgan fingerprint density at radius 2 is 1.81 bits per heavy atom. The van der Waals surface area contributed by atoms with Crippen molar-refractivity contribution in [1.29, 1.82) is 0 Å². The highest BCUT2D eigenvalue weighted by molar-refractivity contribution is 5.93. The van der Waals surface area contributed by atoms with Crippen LogP contribution < -0.4 is 14.2 Å². The number of rotatable bonds is 5. The predicted octanol–water partition coefficient (Wildman–Crippen LogP) is 2.74. The van der Waals surface area contributed by atoms with Gasteiger partial charge in [0.2, 0.25) is 0 Å². The number of aldehydes is 1. The van der Waals surface area contributed by atoms with Crippen LogP contribution in [0.4, 0.5) is 0 Å². The van der Waals surface area contributed by atoms with Gasteiger partial charge in [-0.3, -0.25) is 4.79 Å². The summed E-state index contributed by atoms with van der Waals surface area (Å²) in [6.45, 7) is 0. The second-order valence-corrected chi connectivity index (χ2v) is 4.12. The van der Waals surface area contributed by atoms with Gasteiger partial charge in [0.15, 0.2) is 17.8 Å². The minimum Gasteiger partial charge on any atom is -0.497 e. The first kappa shape index (κ1) is 14.6. The van der Waals surface area contributed by atoms with Gasteiger partial charge in [0.1, 0.15) is 5.75 Å². The molecule has 5 heteroatoms. The molecule has 0 atom stereocenters. The molecule has 0 amide bonds. The molecule has 0 aliphatic rings. The molecule has 0 bridgehead atoms. The molecule has 0 heterocycles. The van der Waals surface area contributed by atoms with Crippen molar-refractivity contribution in [3.63, 3.8) is 0 Å². The van der Waals surface area contributed by atoms with Gasteiger partial charge in [-0.05, 0) is 30.3 Å². The van der Waals surface area contributed by atoms with Crippen LogP contribution in [-0.4, -0.2) is 26.5 Å². The van der Waals surface area contributed by atoms with Crippen molar-refractivity contribution in [3.8, 4) is 17.2 Å². The Kier molecular flexibility index (Phi) is 4.56. The van der Waals surface area contributed by atoms with Gasteiger partial charge >= 0.3 is 5.97 Å². The molecule has 2 aromatic carbocycles. The van der Waals surface area contributed by atoms with Crippen LogP contribution >= 0.6 is 0 Å². The fraction of sp³-hybridized carbons (Fsp3) is 0.125. The summed E-state index contributed by atoms with van der Waals surface area (Å²) in [7, 11) is 2.95. The van der Waals surface area contributed by atoms with Crippen molar-refractivity contribution in [2.75, 3.05) is 14.2 Å². The lowest BCUT2D eigenvalue weighted by Gasteiger charge is -2.11. The van der Waals surface area contributed by atoms with E-state index >= 15 is 0 Å². The molecule has 0 aliphatic carbocycles. The quantitative estimate of drug-likeness (QED) is 0.480. The Bertz CT molecular complexity index is 663. The molecule has 108 valence electrons. The molecule has 21 heavy (non-hydrogen) atoms. The first-order valence-electron chi connectivity index (χ1n) is 6.18. The number of esters is 1. The summed E-state index contributed by atoms with van der Waals surface area (Å²) in [5, 5.41) is 0. The molecule has 5 nitrogen and oxygen atoms in total. The fourth-order valence-corrected chi connectivity index (χ4v) is 1.80. The van der Waals surface area contributed by atoms with E-state index in [1.54, 1.807) is 42.5 Å². The lowest BCUT2D eigenvalue weighted by atomic mass is 10.2. The Morgan fingerprint density at radius 3 is 2.48 bits per heavy atom. The SMILES string of the molecule is COc1cccc(C(=O)Oc2c(C=O)cccc2OC)c1. The van der Waals surface area contributed by atoms with Crippen LogP contribution in [0, 0.1) is 0 Å². The van der Waals surface area contributed by atoms with Crippen LogP contribution in [0.2, 0.25) is 0 Å². The van der Waals surface area contributed by atoms with E-state index in [0.29, 0.717) is 23.3 Å². The highest BCUT2D eigenvalue weighted by atomic mass is 16.6. The Balaban J connectivity index is 2.33. The summed E-state index contributed by atoms with van der Waals surface area (Å²) in [5.74, 6) is 0.361. The molecule has 0 saturated heterocycles. The average Bonchev–Trinajstić information content (AvgIpc) is 2.54. The summed E-state index contributed by atoms with van der Waals surface area (Å²) >= 11 is 0. The summed E-state index contributed by atoms with van der Waals surface area (Å²) in [6.07, 6.45) is 0.608. The number of methoxy groups -OCH3 is 2. The molecule has 0 aliphatic heterocycles. The summed E-state index contributed by atoms with van der Waals surface area (Å²) in [5.41, 5.74) is 0.558. The van der Waals surface area contributed by atoms with Crippen LogP contribution in [-0.2, 0) is 0 Å². The Hall–Kier alpha value is -2.82. The highest BCUT2D eigenvalue weighted by Gasteiger charge is 2.16.